The molecule has 0 saturated heterocycles. The number of rotatable bonds is 8. The van der Waals surface area contributed by atoms with Crippen molar-refractivity contribution in [1.29, 1.82) is 0 Å². The van der Waals surface area contributed by atoms with Gasteiger partial charge in [0.1, 0.15) is 24.4 Å². The van der Waals surface area contributed by atoms with E-state index in [0.29, 0.717) is 17.1 Å². The zero-order valence-electron chi connectivity index (χ0n) is 15.0. The Morgan fingerprint density at radius 2 is 1.76 bits per heavy atom. The summed E-state index contributed by atoms with van der Waals surface area (Å²) in [5.74, 6) is 0.988. The molecule has 146 valence electrons. The van der Waals surface area contributed by atoms with Gasteiger partial charge in [0.2, 0.25) is 0 Å². The molecule has 0 amide bonds. The highest BCUT2D eigenvalue weighted by molar-refractivity contribution is 5.80. The van der Waals surface area contributed by atoms with Crippen molar-refractivity contribution in [3.05, 3.63) is 98.2 Å². The molecule has 3 rings (SSSR count). The van der Waals surface area contributed by atoms with Crippen LogP contribution < -0.4 is 10.2 Å². The lowest BCUT2D eigenvalue weighted by Crippen LogP contribution is -1.97. The van der Waals surface area contributed by atoms with Crippen LogP contribution in [0.4, 0.5) is 17.2 Å². The van der Waals surface area contributed by atoms with Gasteiger partial charge in [-0.05, 0) is 41.5 Å². The van der Waals surface area contributed by atoms with Crippen LogP contribution in [0.15, 0.2) is 72.0 Å². The Bertz CT molecular complexity index is 1040. The fraction of sp³-hybridized carbons (Fsp3) is 0.0526. The number of benzene rings is 2. The van der Waals surface area contributed by atoms with Gasteiger partial charge in [-0.1, -0.05) is 12.1 Å². The Kier molecular flexibility index (Phi) is 6.05. The monoisotopic (exact) mass is 393 g/mol. The number of pyridine rings is 1. The van der Waals surface area contributed by atoms with Crippen LogP contribution >= 0.6 is 0 Å². The lowest BCUT2D eigenvalue weighted by atomic mass is 10.2. The molecule has 29 heavy (non-hydrogen) atoms. The van der Waals surface area contributed by atoms with Gasteiger partial charge in [-0.2, -0.15) is 5.10 Å². The van der Waals surface area contributed by atoms with Crippen molar-refractivity contribution < 1.29 is 14.6 Å². The number of aromatic nitrogens is 1. The number of hydrazone groups is 1. The summed E-state index contributed by atoms with van der Waals surface area (Å²) in [4.78, 5) is 24.3. The number of hydrogen-bond donors (Lipinski definition) is 1. The molecule has 1 N–H and O–H groups in total. The molecule has 0 saturated carbocycles. The Morgan fingerprint density at radius 1 is 1.00 bits per heavy atom. The van der Waals surface area contributed by atoms with E-state index >= 15 is 0 Å². The molecule has 0 radical (unpaired) electrons. The molecule has 10 nitrogen and oxygen atoms in total. The van der Waals surface area contributed by atoms with Gasteiger partial charge in [-0.3, -0.25) is 25.7 Å². The molecular formula is C19H15N5O5. The molecule has 0 bridgehead atoms. The second-order valence-corrected chi connectivity index (χ2v) is 5.81. The summed E-state index contributed by atoms with van der Waals surface area (Å²) in [5, 5.41) is 25.4. The van der Waals surface area contributed by atoms with E-state index in [1.807, 2.05) is 0 Å². The Balaban J connectivity index is 1.53. The maximum atomic E-state index is 10.8. The van der Waals surface area contributed by atoms with Gasteiger partial charge >= 0.3 is 0 Å². The van der Waals surface area contributed by atoms with Crippen LogP contribution in [0.1, 0.15) is 11.1 Å². The Morgan fingerprint density at radius 3 is 2.41 bits per heavy atom. The van der Waals surface area contributed by atoms with Gasteiger partial charge in [0.15, 0.2) is 0 Å². The molecule has 0 unspecified atom stereocenters. The molecule has 0 atom stereocenters. The number of nitrogens with zero attached hydrogens (tertiary/aromatic N) is 4. The Labute approximate surface area is 164 Å². The average Bonchev–Trinajstić information content (AvgIpc) is 2.74. The molecule has 10 heteroatoms. The van der Waals surface area contributed by atoms with E-state index in [1.165, 1.54) is 24.3 Å². The molecular weight excluding hydrogens is 378 g/mol. The highest BCUT2D eigenvalue weighted by Crippen LogP contribution is 2.17. The number of ether oxygens (including phenoxy) is 1. The molecule has 1 aromatic heterocycles. The summed E-state index contributed by atoms with van der Waals surface area (Å²) in [7, 11) is 0. The smallest absolute Gasteiger partial charge is 0.287 e. The van der Waals surface area contributed by atoms with Crippen LogP contribution in [-0.4, -0.2) is 21.0 Å². The number of hydrogen-bond acceptors (Lipinski definition) is 8. The first-order valence-electron chi connectivity index (χ1n) is 8.37. The van der Waals surface area contributed by atoms with E-state index in [-0.39, 0.29) is 18.0 Å². The third kappa shape index (κ3) is 5.57. The highest BCUT2D eigenvalue weighted by Gasteiger charge is 2.06. The van der Waals surface area contributed by atoms with E-state index in [4.69, 9.17) is 4.74 Å². The van der Waals surface area contributed by atoms with Crippen molar-refractivity contribution in [3.8, 4) is 5.75 Å². The highest BCUT2D eigenvalue weighted by atomic mass is 16.6. The Hall–Kier alpha value is -4.34. The average molecular weight is 393 g/mol. The number of nitro benzene ring substituents is 1. The van der Waals surface area contributed by atoms with Gasteiger partial charge in [-0.25, -0.2) is 4.98 Å². The van der Waals surface area contributed by atoms with Gasteiger partial charge in [0.05, 0.1) is 16.1 Å². The number of nitrogens with one attached hydrogen (secondary N) is 1. The molecule has 2 aromatic carbocycles. The van der Waals surface area contributed by atoms with Crippen LogP contribution in [0.5, 0.6) is 5.75 Å². The lowest BCUT2D eigenvalue weighted by Gasteiger charge is -2.06. The summed E-state index contributed by atoms with van der Waals surface area (Å²) in [6.07, 6.45) is 2.71. The molecule has 1 heterocycles. The predicted molar refractivity (Wildman–Crippen MR) is 106 cm³/mol. The van der Waals surface area contributed by atoms with E-state index in [2.05, 4.69) is 15.5 Å². The minimum Gasteiger partial charge on any atom is -0.489 e. The zero-order chi connectivity index (χ0) is 20.6. The van der Waals surface area contributed by atoms with Crippen LogP contribution in [0.25, 0.3) is 0 Å². The molecule has 0 aliphatic rings. The van der Waals surface area contributed by atoms with Crippen molar-refractivity contribution in [3.63, 3.8) is 0 Å². The first-order valence-corrected chi connectivity index (χ1v) is 8.37. The van der Waals surface area contributed by atoms with Crippen LogP contribution in [0.2, 0.25) is 0 Å². The van der Waals surface area contributed by atoms with Gasteiger partial charge in [0, 0.05) is 18.2 Å². The maximum absolute atomic E-state index is 10.8. The van der Waals surface area contributed by atoms with E-state index in [1.54, 1.807) is 42.6 Å². The van der Waals surface area contributed by atoms with Crippen molar-refractivity contribution in [2.24, 2.45) is 5.10 Å². The lowest BCUT2D eigenvalue weighted by molar-refractivity contribution is -0.385. The minimum atomic E-state index is -0.525. The zero-order valence-corrected chi connectivity index (χ0v) is 15.0. The van der Waals surface area contributed by atoms with Crippen molar-refractivity contribution in [2.75, 3.05) is 5.43 Å². The first-order chi connectivity index (χ1) is 14.0. The van der Waals surface area contributed by atoms with Crippen LogP contribution in [0.3, 0.4) is 0 Å². The molecule has 0 fully saturated rings. The summed E-state index contributed by atoms with van der Waals surface area (Å²) < 4.78 is 5.64. The SMILES string of the molecule is O=[N+]([O-])c1ccc(N/N=C/c2ccc(OCc3cccc([N+](=O)[O-])c3)cc2)nc1. The van der Waals surface area contributed by atoms with Gasteiger partial charge in [0.25, 0.3) is 11.4 Å². The summed E-state index contributed by atoms with van der Waals surface area (Å²) >= 11 is 0. The second kappa shape index (κ2) is 9.04. The normalized spacial score (nSPS) is 10.6. The molecule has 0 aliphatic carbocycles. The maximum Gasteiger partial charge on any atom is 0.287 e. The predicted octanol–water partition coefficient (Wildman–Crippen LogP) is 3.92. The topological polar surface area (TPSA) is 133 Å². The molecule has 3 aromatic rings. The second-order valence-electron chi connectivity index (χ2n) is 5.81. The van der Waals surface area contributed by atoms with Crippen molar-refractivity contribution in [2.45, 2.75) is 6.61 Å². The van der Waals surface area contributed by atoms with Gasteiger partial charge < -0.3 is 4.74 Å². The largest absolute Gasteiger partial charge is 0.489 e. The standard InChI is InChI=1S/C19H15N5O5/c25-23(26)16-3-1-2-15(10-16)13-29-18-7-4-14(5-8-18)11-21-22-19-9-6-17(12-20-19)24(27)28/h1-12H,13H2,(H,20,22)/b21-11+. The number of non-ortho nitro benzene ring substituents is 1. The van der Waals surface area contributed by atoms with E-state index < -0.39 is 9.85 Å². The summed E-state index contributed by atoms with van der Waals surface area (Å²) in [5.41, 5.74) is 4.10. The van der Waals surface area contributed by atoms with E-state index in [9.17, 15) is 20.2 Å². The number of anilines is 1. The summed E-state index contributed by atoms with van der Waals surface area (Å²) in [6, 6.07) is 16.1. The summed E-state index contributed by atoms with van der Waals surface area (Å²) in [6.45, 7) is 0.211. The number of nitro groups is 2. The minimum absolute atomic E-state index is 0.0210. The molecule has 0 aliphatic heterocycles. The third-order valence-corrected chi connectivity index (χ3v) is 3.76. The van der Waals surface area contributed by atoms with Gasteiger partial charge in [-0.15, -0.1) is 0 Å². The van der Waals surface area contributed by atoms with Crippen LogP contribution in [0, 0.1) is 20.2 Å². The fourth-order valence-electron chi connectivity index (χ4n) is 2.31. The van der Waals surface area contributed by atoms with E-state index in [0.717, 1.165) is 11.8 Å². The van der Waals surface area contributed by atoms with Crippen molar-refractivity contribution >= 4 is 23.4 Å². The third-order valence-electron chi connectivity index (χ3n) is 3.76. The fourth-order valence-corrected chi connectivity index (χ4v) is 2.31. The quantitative estimate of drug-likeness (QED) is 0.348. The first kappa shape index (κ1) is 19.4. The molecule has 0 spiro atoms. The van der Waals surface area contributed by atoms with Crippen molar-refractivity contribution in [1.82, 2.24) is 4.98 Å². The van der Waals surface area contributed by atoms with Crippen LogP contribution in [-0.2, 0) is 6.61 Å².